The summed E-state index contributed by atoms with van der Waals surface area (Å²) in [6.45, 7) is 4.91. The van der Waals surface area contributed by atoms with Gasteiger partial charge in [-0.2, -0.15) is 0 Å². The lowest BCUT2D eigenvalue weighted by Gasteiger charge is -2.04. The molecule has 7 nitrogen and oxygen atoms in total. The standard InChI is InChI=1S/C8H18O5.C8H16O2/c9-1-3-11-5-7-13-8-6-12-4-2-10;1-2-3-4-5-6-7-8(9)10/h9-10H,1-8H2;2-7H2,1H3,(H,9,10). The minimum absolute atomic E-state index is 0.0413. The average Bonchev–Trinajstić information content (AvgIpc) is 2.53. The molecule has 7 heteroatoms. The highest BCUT2D eigenvalue weighted by Gasteiger charge is 1.94. The topological polar surface area (TPSA) is 105 Å². The van der Waals surface area contributed by atoms with E-state index in [0.29, 0.717) is 46.1 Å². The molecule has 0 unspecified atom stereocenters. The Labute approximate surface area is 139 Å². The summed E-state index contributed by atoms with van der Waals surface area (Å²) < 4.78 is 15.0. The molecule has 0 aromatic rings. The quantitative estimate of drug-likeness (QED) is 0.366. The lowest BCUT2D eigenvalue weighted by Crippen LogP contribution is -2.11. The van der Waals surface area contributed by atoms with Crippen molar-refractivity contribution in [2.45, 2.75) is 45.4 Å². The summed E-state index contributed by atoms with van der Waals surface area (Å²) in [4.78, 5) is 10.0. The summed E-state index contributed by atoms with van der Waals surface area (Å²) in [5, 5.41) is 25.0. The van der Waals surface area contributed by atoms with Crippen LogP contribution in [0.5, 0.6) is 0 Å². The van der Waals surface area contributed by atoms with E-state index < -0.39 is 5.97 Å². The maximum atomic E-state index is 10.0. The number of carboxylic acids is 1. The SMILES string of the molecule is CCCCCCCC(=O)O.OCCOCCOCCOCCO. The molecule has 0 rings (SSSR count). The number of unbranched alkanes of at least 4 members (excludes halogenated alkanes) is 4. The van der Waals surface area contributed by atoms with Crippen LogP contribution < -0.4 is 0 Å². The van der Waals surface area contributed by atoms with Crippen molar-refractivity contribution in [3.8, 4) is 0 Å². The van der Waals surface area contributed by atoms with Gasteiger partial charge in [0.15, 0.2) is 0 Å². The lowest BCUT2D eigenvalue weighted by atomic mass is 10.1. The highest BCUT2D eigenvalue weighted by atomic mass is 16.5. The van der Waals surface area contributed by atoms with Crippen LogP contribution in [0.1, 0.15) is 45.4 Å². The lowest BCUT2D eigenvalue weighted by molar-refractivity contribution is -0.137. The Bertz CT molecular complexity index is 214. The first-order valence-electron chi connectivity index (χ1n) is 8.35. The minimum Gasteiger partial charge on any atom is -0.481 e. The van der Waals surface area contributed by atoms with E-state index in [0.717, 1.165) is 12.8 Å². The van der Waals surface area contributed by atoms with Gasteiger partial charge in [0.25, 0.3) is 0 Å². The number of aliphatic hydroxyl groups excluding tert-OH is 2. The highest BCUT2D eigenvalue weighted by molar-refractivity contribution is 5.66. The Morgan fingerprint density at radius 1 is 0.739 bits per heavy atom. The van der Waals surface area contributed by atoms with Gasteiger partial charge in [0, 0.05) is 6.42 Å². The fourth-order valence-corrected chi connectivity index (χ4v) is 1.55. The van der Waals surface area contributed by atoms with Crippen molar-refractivity contribution in [2.75, 3.05) is 52.9 Å². The molecule has 0 spiro atoms. The Balaban J connectivity index is 0. The molecule has 140 valence electrons. The van der Waals surface area contributed by atoms with Crippen molar-refractivity contribution >= 4 is 5.97 Å². The largest absolute Gasteiger partial charge is 0.481 e. The number of aliphatic hydroxyl groups is 2. The van der Waals surface area contributed by atoms with Gasteiger partial charge in [0.2, 0.25) is 0 Å². The fraction of sp³-hybridized carbons (Fsp3) is 0.938. The van der Waals surface area contributed by atoms with Crippen LogP contribution in [0.3, 0.4) is 0 Å². The molecule has 0 amide bonds. The second-order valence-electron chi connectivity index (χ2n) is 4.84. The number of aliphatic carboxylic acids is 1. The molecule has 0 bridgehead atoms. The van der Waals surface area contributed by atoms with Gasteiger partial charge in [-0.3, -0.25) is 4.79 Å². The van der Waals surface area contributed by atoms with Crippen LogP contribution in [0.4, 0.5) is 0 Å². The number of hydrogen-bond donors (Lipinski definition) is 3. The predicted molar refractivity (Wildman–Crippen MR) is 87.6 cm³/mol. The van der Waals surface area contributed by atoms with Gasteiger partial charge in [-0.05, 0) is 6.42 Å². The van der Waals surface area contributed by atoms with Crippen LogP contribution >= 0.6 is 0 Å². The van der Waals surface area contributed by atoms with Crippen molar-refractivity contribution in [1.29, 1.82) is 0 Å². The molecule has 0 saturated heterocycles. The van der Waals surface area contributed by atoms with Gasteiger partial charge in [-0.1, -0.05) is 32.6 Å². The Morgan fingerprint density at radius 3 is 1.57 bits per heavy atom. The second-order valence-corrected chi connectivity index (χ2v) is 4.84. The van der Waals surface area contributed by atoms with Crippen LogP contribution in [0.25, 0.3) is 0 Å². The molecule has 0 aromatic carbocycles. The number of carboxylic acid groups (broad SMARTS) is 1. The fourth-order valence-electron chi connectivity index (χ4n) is 1.55. The molecule has 23 heavy (non-hydrogen) atoms. The van der Waals surface area contributed by atoms with E-state index in [2.05, 4.69) is 6.92 Å². The van der Waals surface area contributed by atoms with E-state index in [1.165, 1.54) is 19.3 Å². The molecular formula is C16H34O7. The second kappa shape index (κ2) is 23.5. The molecule has 0 radical (unpaired) electrons. The van der Waals surface area contributed by atoms with Gasteiger partial charge in [-0.15, -0.1) is 0 Å². The zero-order valence-electron chi connectivity index (χ0n) is 14.4. The van der Waals surface area contributed by atoms with Crippen molar-refractivity contribution in [3.05, 3.63) is 0 Å². The molecule has 0 aliphatic rings. The summed E-state index contributed by atoms with van der Waals surface area (Å²) in [7, 11) is 0. The van der Waals surface area contributed by atoms with Crippen LogP contribution in [0.2, 0.25) is 0 Å². The number of ether oxygens (including phenoxy) is 3. The average molecular weight is 338 g/mol. The first-order valence-corrected chi connectivity index (χ1v) is 8.35. The Morgan fingerprint density at radius 2 is 1.17 bits per heavy atom. The normalized spacial score (nSPS) is 10.2. The van der Waals surface area contributed by atoms with E-state index in [1.54, 1.807) is 0 Å². The van der Waals surface area contributed by atoms with Crippen molar-refractivity contribution < 1.29 is 34.3 Å². The van der Waals surface area contributed by atoms with Crippen LogP contribution in [-0.2, 0) is 19.0 Å². The third-order valence-corrected chi connectivity index (χ3v) is 2.71. The van der Waals surface area contributed by atoms with E-state index >= 15 is 0 Å². The van der Waals surface area contributed by atoms with E-state index in [4.69, 9.17) is 29.5 Å². The molecule has 0 aliphatic carbocycles. The smallest absolute Gasteiger partial charge is 0.303 e. The molecule has 0 heterocycles. The maximum Gasteiger partial charge on any atom is 0.303 e. The molecule has 3 N–H and O–H groups in total. The zero-order valence-corrected chi connectivity index (χ0v) is 14.4. The Kier molecular flexibility index (Phi) is 25.1. The summed E-state index contributed by atoms with van der Waals surface area (Å²) in [5.74, 6) is -0.670. The van der Waals surface area contributed by atoms with Crippen molar-refractivity contribution in [1.82, 2.24) is 0 Å². The molecule has 0 aromatic heterocycles. The predicted octanol–water partition coefficient (Wildman–Crippen LogP) is 1.45. The highest BCUT2D eigenvalue weighted by Crippen LogP contribution is 2.04. The van der Waals surface area contributed by atoms with E-state index in [1.807, 2.05) is 0 Å². The maximum absolute atomic E-state index is 10.0. The van der Waals surface area contributed by atoms with Crippen molar-refractivity contribution in [2.24, 2.45) is 0 Å². The third-order valence-electron chi connectivity index (χ3n) is 2.71. The van der Waals surface area contributed by atoms with Crippen LogP contribution in [-0.4, -0.2) is 74.1 Å². The molecule has 0 fully saturated rings. The van der Waals surface area contributed by atoms with Gasteiger partial charge < -0.3 is 29.5 Å². The third kappa shape index (κ3) is 29.8. The van der Waals surface area contributed by atoms with Gasteiger partial charge in [0.05, 0.1) is 52.9 Å². The number of rotatable bonds is 16. The Hall–Kier alpha value is -0.730. The molecule has 0 saturated carbocycles. The number of carbonyl (C=O) groups is 1. The monoisotopic (exact) mass is 338 g/mol. The summed E-state index contributed by atoms with van der Waals surface area (Å²) in [5.41, 5.74) is 0. The van der Waals surface area contributed by atoms with Gasteiger partial charge in [0.1, 0.15) is 0 Å². The van der Waals surface area contributed by atoms with Crippen LogP contribution in [0, 0.1) is 0 Å². The molecule has 0 aliphatic heterocycles. The van der Waals surface area contributed by atoms with Crippen molar-refractivity contribution in [3.63, 3.8) is 0 Å². The van der Waals surface area contributed by atoms with E-state index in [9.17, 15) is 4.79 Å². The van der Waals surface area contributed by atoms with E-state index in [-0.39, 0.29) is 13.2 Å². The van der Waals surface area contributed by atoms with Gasteiger partial charge in [-0.25, -0.2) is 0 Å². The summed E-state index contributed by atoms with van der Waals surface area (Å²) in [6.07, 6.45) is 5.88. The number of hydrogen-bond acceptors (Lipinski definition) is 6. The zero-order chi connectivity index (χ0) is 17.6. The first-order chi connectivity index (χ1) is 11.2. The molecular weight excluding hydrogens is 304 g/mol. The van der Waals surface area contributed by atoms with Crippen LogP contribution in [0.15, 0.2) is 0 Å². The summed E-state index contributed by atoms with van der Waals surface area (Å²) in [6, 6.07) is 0. The first kappa shape index (κ1) is 24.5. The minimum atomic E-state index is -0.670. The summed E-state index contributed by atoms with van der Waals surface area (Å²) >= 11 is 0. The van der Waals surface area contributed by atoms with Gasteiger partial charge >= 0.3 is 5.97 Å². The molecule has 0 atom stereocenters.